The van der Waals surface area contributed by atoms with E-state index >= 15 is 0 Å². The lowest BCUT2D eigenvalue weighted by Crippen LogP contribution is -2.57. The third-order valence-corrected chi connectivity index (χ3v) is 5.61. The Morgan fingerprint density at radius 3 is 2.95 bits per heavy atom. The number of carbonyl (C=O) groups is 1. The molecule has 2 bridgehead atoms. The number of carbonyl (C=O) groups excluding carboxylic acids is 1. The molecule has 5 nitrogen and oxygen atoms in total. The van der Waals surface area contributed by atoms with E-state index in [9.17, 15) is 4.79 Å². The monoisotopic (exact) mass is 317 g/mol. The number of pyridine rings is 1. The van der Waals surface area contributed by atoms with Gasteiger partial charge in [0.15, 0.2) is 5.58 Å². The lowest BCUT2D eigenvalue weighted by atomic mass is 9.84. The zero-order valence-corrected chi connectivity index (χ0v) is 13.4. The van der Waals surface area contributed by atoms with Gasteiger partial charge in [-0.1, -0.05) is 0 Å². The van der Waals surface area contributed by atoms with Gasteiger partial charge in [0.05, 0.1) is 11.1 Å². The number of thioether (sulfide) groups is 1. The quantitative estimate of drug-likeness (QED) is 0.881. The zero-order chi connectivity index (χ0) is 15.1. The molecule has 2 aromatic heterocycles. The number of fused-ring (bicyclic) bond motifs is 4. The summed E-state index contributed by atoms with van der Waals surface area (Å²) in [5.41, 5.74) is 1.20. The molecule has 0 aliphatic carbocycles. The Labute approximate surface area is 133 Å². The Balaban J connectivity index is 1.55. The number of piperidine rings is 3. The summed E-state index contributed by atoms with van der Waals surface area (Å²) < 4.78 is 5.44. The maximum absolute atomic E-state index is 12.5. The predicted octanol–water partition coefficient (Wildman–Crippen LogP) is 2.37. The Hall–Kier alpha value is -1.53. The van der Waals surface area contributed by atoms with Crippen molar-refractivity contribution in [2.45, 2.75) is 23.8 Å². The number of amides is 1. The Bertz CT molecular complexity index is 706. The summed E-state index contributed by atoms with van der Waals surface area (Å²) in [5.74, 6) is 0.544. The standard InChI is InChI=1S/C16H19N3O2S/c1-22-15-9-21-14-7-17-12(6-11(14)15)16(20)18-13-8-19-4-2-10(13)3-5-19/h6-7,9-10,13H,2-5,8H2,1H3,(H,18,20)/t13-/m0/s1. The molecular formula is C16H19N3O2S. The van der Waals surface area contributed by atoms with E-state index in [-0.39, 0.29) is 11.9 Å². The van der Waals surface area contributed by atoms with Gasteiger partial charge in [-0.15, -0.1) is 11.8 Å². The van der Waals surface area contributed by atoms with Crippen molar-refractivity contribution in [1.29, 1.82) is 0 Å². The third kappa shape index (κ3) is 2.40. The molecule has 1 N–H and O–H groups in total. The highest BCUT2D eigenvalue weighted by molar-refractivity contribution is 7.98. The molecule has 116 valence electrons. The molecule has 1 atom stereocenters. The van der Waals surface area contributed by atoms with E-state index in [0.29, 0.717) is 11.6 Å². The van der Waals surface area contributed by atoms with Gasteiger partial charge in [-0.3, -0.25) is 4.79 Å². The van der Waals surface area contributed by atoms with Crippen LogP contribution in [0.3, 0.4) is 0 Å². The highest BCUT2D eigenvalue weighted by Crippen LogP contribution is 2.29. The molecule has 0 saturated carbocycles. The minimum Gasteiger partial charge on any atom is -0.462 e. The normalized spacial score (nSPS) is 27.2. The van der Waals surface area contributed by atoms with Crippen LogP contribution in [0.2, 0.25) is 0 Å². The first-order chi connectivity index (χ1) is 10.7. The zero-order valence-electron chi connectivity index (χ0n) is 12.5. The van der Waals surface area contributed by atoms with Gasteiger partial charge in [-0.25, -0.2) is 4.98 Å². The van der Waals surface area contributed by atoms with Crippen LogP contribution < -0.4 is 5.32 Å². The van der Waals surface area contributed by atoms with Crippen molar-refractivity contribution in [1.82, 2.24) is 15.2 Å². The maximum Gasteiger partial charge on any atom is 0.270 e. The fraction of sp³-hybridized carbons (Fsp3) is 0.500. The summed E-state index contributed by atoms with van der Waals surface area (Å²) in [5, 5.41) is 4.14. The average molecular weight is 317 g/mol. The molecule has 22 heavy (non-hydrogen) atoms. The second-order valence-electron chi connectivity index (χ2n) is 6.09. The van der Waals surface area contributed by atoms with Crippen molar-refractivity contribution in [2.24, 2.45) is 5.92 Å². The summed E-state index contributed by atoms with van der Waals surface area (Å²) >= 11 is 1.61. The molecule has 5 heterocycles. The topological polar surface area (TPSA) is 58.4 Å². The maximum atomic E-state index is 12.5. The first-order valence-electron chi connectivity index (χ1n) is 7.69. The van der Waals surface area contributed by atoms with E-state index < -0.39 is 0 Å². The number of rotatable bonds is 3. The van der Waals surface area contributed by atoms with Crippen LogP contribution in [0.5, 0.6) is 0 Å². The third-order valence-electron chi connectivity index (χ3n) is 4.85. The molecule has 1 amide bonds. The number of nitrogens with zero attached hydrogens (tertiary/aromatic N) is 2. The van der Waals surface area contributed by atoms with Gasteiger partial charge in [-0.2, -0.15) is 0 Å². The van der Waals surface area contributed by atoms with Crippen molar-refractivity contribution < 1.29 is 9.21 Å². The Morgan fingerprint density at radius 2 is 2.27 bits per heavy atom. The van der Waals surface area contributed by atoms with Gasteiger partial charge in [0, 0.05) is 18.0 Å². The van der Waals surface area contributed by atoms with Crippen LogP contribution in [0.1, 0.15) is 23.3 Å². The molecule has 3 fully saturated rings. The van der Waals surface area contributed by atoms with E-state index in [1.54, 1.807) is 24.2 Å². The van der Waals surface area contributed by atoms with Gasteiger partial charge in [0.2, 0.25) is 0 Å². The molecule has 3 aliphatic rings. The highest BCUT2D eigenvalue weighted by atomic mass is 32.2. The molecule has 0 aromatic carbocycles. The average Bonchev–Trinajstić information content (AvgIpc) is 2.98. The van der Waals surface area contributed by atoms with Crippen molar-refractivity contribution in [3.05, 3.63) is 24.2 Å². The van der Waals surface area contributed by atoms with Crippen LogP contribution in [-0.2, 0) is 0 Å². The molecule has 0 spiro atoms. The van der Waals surface area contributed by atoms with Crippen molar-refractivity contribution in [3.63, 3.8) is 0 Å². The fourth-order valence-corrected chi connectivity index (χ4v) is 4.09. The Morgan fingerprint density at radius 1 is 1.45 bits per heavy atom. The van der Waals surface area contributed by atoms with Crippen LogP contribution in [-0.4, -0.2) is 47.7 Å². The van der Waals surface area contributed by atoms with E-state index in [4.69, 9.17) is 4.42 Å². The minimum atomic E-state index is -0.0751. The Kier molecular flexibility index (Phi) is 3.58. The first-order valence-corrected chi connectivity index (χ1v) is 8.91. The number of hydrogen-bond donors (Lipinski definition) is 1. The SMILES string of the molecule is CSc1coc2cnc(C(=O)N[C@H]3CN4CCC3CC4)cc12. The van der Waals surface area contributed by atoms with Crippen LogP contribution >= 0.6 is 11.8 Å². The van der Waals surface area contributed by atoms with Crippen LogP contribution in [0.4, 0.5) is 0 Å². The molecule has 6 heteroatoms. The van der Waals surface area contributed by atoms with E-state index in [1.807, 2.05) is 12.3 Å². The number of hydrogen-bond acceptors (Lipinski definition) is 5. The van der Waals surface area contributed by atoms with Gasteiger partial charge in [0.25, 0.3) is 5.91 Å². The second-order valence-corrected chi connectivity index (χ2v) is 6.94. The van der Waals surface area contributed by atoms with Crippen molar-refractivity contribution in [3.8, 4) is 0 Å². The number of furan rings is 1. The second kappa shape index (κ2) is 5.59. The summed E-state index contributed by atoms with van der Waals surface area (Å²) in [6.07, 6.45) is 7.73. The van der Waals surface area contributed by atoms with Crippen molar-refractivity contribution in [2.75, 3.05) is 25.9 Å². The van der Waals surface area contributed by atoms with E-state index in [1.165, 1.54) is 25.9 Å². The van der Waals surface area contributed by atoms with Gasteiger partial charge >= 0.3 is 0 Å². The summed E-state index contributed by atoms with van der Waals surface area (Å²) in [7, 11) is 0. The molecule has 0 radical (unpaired) electrons. The largest absolute Gasteiger partial charge is 0.462 e. The van der Waals surface area contributed by atoms with Crippen LogP contribution in [0, 0.1) is 5.92 Å². The number of aromatic nitrogens is 1. The molecule has 3 saturated heterocycles. The smallest absolute Gasteiger partial charge is 0.270 e. The summed E-state index contributed by atoms with van der Waals surface area (Å²) in [6.45, 7) is 3.32. The fourth-order valence-electron chi connectivity index (χ4n) is 3.56. The van der Waals surface area contributed by atoms with E-state index in [2.05, 4.69) is 15.2 Å². The van der Waals surface area contributed by atoms with Gasteiger partial charge < -0.3 is 14.6 Å². The molecule has 3 aliphatic heterocycles. The van der Waals surface area contributed by atoms with Crippen molar-refractivity contribution >= 4 is 28.6 Å². The summed E-state index contributed by atoms with van der Waals surface area (Å²) in [4.78, 5) is 20.2. The van der Waals surface area contributed by atoms with Gasteiger partial charge in [0.1, 0.15) is 12.0 Å². The van der Waals surface area contributed by atoms with Gasteiger partial charge in [-0.05, 0) is 44.2 Å². The summed E-state index contributed by atoms with van der Waals surface area (Å²) in [6, 6.07) is 2.10. The van der Waals surface area contributed by atoms with E-state index in [0.717, 1.165) is 22.4 Å². The highest BCUT2D eigenvalue weighted by Gasteiger charge is 2.35. The molecule has 2 aromatic rings. The van der Waals surface area contributed by atoms with Crippen LogP contribution in [0.15, 0.2) is 27.8 Å². The van der Waals surface area contributed by atoms with Crippen LogP contribution in [0.25, 0.3) is 11.0 Å². The number of nitrogens with one attached hydrogen (secondary N) is 1. The lowest BCUT2D eigenvalue weighted by molar-refractivity contribution is 0.0618. The first kappa shape index (κ1) is 14.1. The minimum absolute atomic E-state index is 0.0751. The predicted molar refractivity (Wildman–Crippen MR) is 86.2 cm³/mol. The molecule has 5 rings (SSSR count). The lowest BCUT2D eigenvalue weighted by Gasteiger charge is -2.44. The molecular weight excluding hydrogens is 298 g/mol. The molecule has 0 unspecified atom stereocenters.